The van der Waals surface area contributed by atoms with Crippen LogP contribution in [0.1, 0.15) is 24.2 Å². The Morgan fingerprint density at radius 2 is 2.00 bits per heavy atom. The van der Waals surface area contributed by atoms with Gasteiger partial charge in [-0.2, -0.15) is 0 Å². The molecule has 106 valence electrons. The Morgan fingerprint density at radius 3 is 2.47 bits per heavy atom. The predicted molar refractivity (Wildman–Crippen MR) is 77.1 cm³/mol. The van der Waals surface area contributed by atoms with Gasteiger partial charge in [0.15, 0.2) is 9.84 Å². The maximum absolute atomic E-state index is 12.0. The lowest BCUT2D eigenvalue weighted by Crippen LogP contribution is -2.43. The molecule has 0 bridgehead atoms. The Labute approximate surface area is 118 Å². The highest BCUT2D eigenvalue weighted by Crippen LogP contribution is 2.22. The van der Waals surface area contributed by atoms with E-state index in [-0.39, 0.29) is 22.8 Å². The summed E-state index contributed by atoms with van der Waals surface area (Å²) in [5.41, 5.74) is 6.10. The van der Waals surface area contributed by atoms with Crippen LogP contribution in [0.2, 0.25) is 5.02 Å². The molecule has 0 aromatic heterocycles. The number of benzene rings is 1. The van der Waals surface area contributed by atoms with Gasteiger partial charge in [0, 0.05) is 18.5 Å². The van der Waals surface area contributed by atoms with E-state index in [1.165, 1.54) is 0 Å². The molecule has 0 aliphatic carbocycles. The van der Waals surface area contributed by atoms with Crippen LogP contribution in [0.3, 0.4) is 0 Å². The van der Waals surface area contributed by atoms with Crippen molar-refractivity contribution in [1.29, 1.82) is 0 Å². The number of sulfone groups is 1. The fourth-order valence-electron chi connectivity index (χ4n) is 1.29. The SMILES string of the molecule is CC(C)(CNC(=O)c1c(N)cccc1Cl)S(C)(=O)=O. The summed E-state index contributed by atoms with van der Waals surface area (Å²) in [7, 11) is -3.28. The molecule has 0 heterocycles. The molecule has 0 fully saturated rings. The average Bonchev–Trinajstić information content (AvgIpc) is 2.24. The smallest absolute Gasteiger partial charge is 0.254 e. The summed E-state index contributed by atoms with van der Waals surface area (Å²) >= 11 is 5.91. The van der Waals surface area contributed by atoms with Gasteiger partial charge in [-0.25, -0.2) is 8.42 Å². The van der Waals surface area contributed by atoms with Gasteiger partial charge in [0.25, 0.3) is 5.91 Å². The minimum atomic E-state index is -3.28. The molecule has 1 rings (SSSR count). The number of nitrogens with one attached hydrogen (secondary N) is 1. The number of amides is 1. The number of carbonyl (C=O) groups is 1. The zero-order valence-corrected chi connectivity index (χ0v) is 12.6. The van der Waals surface area contributed by atoms with Crippen LogP contribution in [0.5, 0.6) is 0 Å². The van der Waals surface area contributed by atoms with Crippen LogP contribution in [-0.2, 0) is 9.84 Å². The van der Waals surface area contributed by atoms with Crippen LogP contribution in [-0.4, -0.2) is 31.9 Å². The summed E-state index contributed by atoms with van der Waals surface area (Å²) < 4.78 is 22.0. The van der Waals surface area contributed by atoms with Gasteiger partial charge >= 0.3 is 0 Å². The van der Waals surface area contributed by atoms with E-state index in [0.717, 1.165) is 6.26 Å². The number of halogens is 1. The van der Waals surface area contributed by atoms with Gasteiger partial charge in [0.2, 0.25) is 0 Å². The third-order valence-corrected chi connectivity index (χ3v) is 5.42. The number of nitrogens with two attached hydrogens (primary N) is 1. The lowest BCUT2D eigenvalue weighted by molar-refractivity contribution is 0.0951. The molecule has 0 radical (unpaired) electrons. The summed E-state index contributed by atoms with van der Waals surface area (Å²) in [6.07, 6.45) is 1.13. The Balaban J connectivity index is 2.89. The summed E-state index contributed by atoms with van der Waals surface area (Å²) in [6.45, 7) is 3.06. The van der Waals surface area contributed by atoms with Crippen LogP contribution in [0.4, 0.5) is 5.69 Å². The van der Waals surface area contributed by atoms with Crippen molar-refractivity contribution in [3.8, 4) is 0 Å². The van der Waals surface area contributed by atoms with Crippen molar-refractivity contribution >= 4 is 33.0 Å². The van der Waals surface area contributed by atoms with Crippen LogP contribution >= 0.6 is 11.6 Å². The Bertz CT molecular complexity index is 577. The third-order valence-electron chi connectivity index (χ3n) is 2.95. The van der Waals surface area contributed by atoms with Gasteiger partial charge in [0.1, 0.15) is 0 Å². The standard InChI is InChI=1S/C12H17ClN2O3S/c1-12(2,19(3,17)18)7-15-11(16)10-8(13)5-4-6-9(10)14/h4-6H,7,14H2,1-3H3,(H,15,16). The zero-order valence-electron chi connectivity index (χ0n) is 11.0. The van der Waals surface area contributed by atoms with Crippen LogP contribution in [0.25, 0.3) is 0 Å². The quantitative estimate of drug-likeness (QED) is 0.824. The van der Waals surface area contributed by atoms with Crippen LogP contribution < -0.4 is 11.1 Å². The molecule has 0 aliphatic heterocycles. The van der Waals surface area contributed by atoms with Crippen molar-refractivity contribution in [3.05, 3.63) is 28.8 Å². The maximum atomic E-state index is 12.0. The monoisotopic (exact) mass is 304 g/mol. The average molecular weight is 305 g/mol. The number of hydrogen-bond acceptors (Lipinski definition) is 4. The van der Waals surface area contributed by atoms with Crippen molar-refractivity contribution in [1.82, 2.24) is 5.32 Å². The number of anilines is 1. The fourth-order valence-corrected chi connectivity index (χ4v) is 1.90. The van der Waals surface area contributed by atoms with E-state index in [4.69, 9.17) is 17.3 Å². The largest absolute Gasteiger partial charge is 0.398 e. The van der Waals surface area contributed by atoms with Crippen molar-refractivity contribution < 1.29 is 13.2 Å². The highest BCUT2D eigenvalue weighted by atomic mass is 35.5. The predicted octanol–water partition coefficient (Wildman–Crippen LogP) is 1.48. The van der Waals surface area contributed by atoms with Crippen LogP contribution in [0.15, 0.2) is 18.2 Å². The molecule has 0 aliphatic rings. The van der Waals surface area contributed by atoms with E-state index in [1.54, 1.807) is 32.0 Å². The summed E-state index contributed by atoms with van der Waals surface area (Å²) in [4.78, 5) is 12.0. The van der Waals surface area contributed by atoms with Crippen molar-refractivity contribution in [2.24, 2.45) is 0 Å². The van der Waals surface area contributed by atoms with Gasteiger partial charge in [-0.15, -0.1) is 0 Å². The van der Waals surface area contributed by atoms with E-state index in [1.807, 2.05) is 0 Å². The molecule has 1 aromatic rings. The Hall–Kier alpha value is -1.27. The third kappa shape index (κ3) is 3.61. The first kappa shape index (κ1) is 15.8. The van der Waals surface area contributed by atoms with E-state index >= 15 is 0 Å². The summed E-state index contributed by atoms with van der Waals surface area (Å²) in [6, 6.07) is 4.74. The highest BCUT2D eigenvalue weighted by Gasteiger charge is 2.31. The molecule has 1 amide bonds. The minimum absolute atomic E-state index is 0.0185. The fraction of sp³-hybridized carbons (Fsp3) is 0.417. The highest BCUT2D eigenvalue weighted by molar-refractivity contribution is 7.92. The van der Waals surface area contributed by atoms with Crippen molar-refractivity contribution in [2.45, 2.75) is 18.6 Å². The van der Waals surface area contributed by atoms with Gasteiger partial charge in [0.05, 0.1) is 15.3 Å². The lowest BCUT2D eigenvalue weighted by Gasteiger charge is -2.23. The van der Waals surface area contributed by atoms with E-state index < -0.39 is 20.5 Å². The molecule has 3 N–H and O–H groups in total. The molecule has 0 saturated heterocycles. The van der Waals surface area contributed by atoms with Crippen molar-refractivity contribution in [2.75, 3.05) is 18.5 Å². The molecular formula is C12H17ClN2O3S. The summed E-state index contributed by atoms with van der Waals surface area (Å²) in [5, 5.41) is 2.78. The first-order valence-corrected chi connectivity index (χ1v) is 7.85. The van der Waals surface area contributed by atoms with Gasteiger partial charge in [-0.05, 0) is 26.0 Å². The molecule has 1 aromatic carbocycles. The van der Waals surface area contributed by atoms with E-state index in [9.17, 15) is 13.2 Å². The summed E-state index contributed by atoms with van der Waals surface area (Å²) in [5.74, 6) is -0.486. The molecule has 19 heavy (non-hydrogen) atoms. The first-order valence-electron chi connectivity index (χ1n) is 5.58. The minimum Gasteiger partial charge on any atom is -0.398 e. The second-order valence-corrected chi connectivity index (χ2v) is 7.98. The molecule has 0 atom stereocenters. The maximum Gasteiger partial charge on any atom is 0.254 e. The zero-order chi connectivity index (χ0) is 14.8. The van der Waals surface area contributed by atoms with Crippen molar-refractivity contribution in [3.63, 3.8) is 0 Å². The van der Waals surface area contributed by atoms with Crippen LogP contribution in [0, 0.1) is 0 Å². The van der Waals surface area contributed by atoms with Gasteiger partial charge in [-0.3, -0.25) is 4.79 Å². The normalized spacial score (nSPS) is 12.2. The molecule has 7 heteroatoms. The molecular weight excluding hydrogens is 288 g/mol. The second kappa shape index (κ2) is 5.38. The van der Waals surface area contributed by atoms with Gasteiger partial charge < -0.3 is 11.1 Å². The second-order valence-electron chi connectivity index (χ2n) is 4.92. The Morgan fingerprint density at radius 1 is 1.42 bits per heavy atom. The lowest BCUT2D eigenvalue weighted by atomic mass is 10.1. The molecule has 0 saturated carbocycles. The van der Waals surface area contributed by atoms with E-state index in [2.05, 4.69) is 5.32 Å². The van der Waals surface area contributed by atoms with E-state index in [0.29, 0.717) is 0 Å². The first-order chi connectivity index (χ1) is 8.56. The Kier molecular flexibility index (Phi) is 4.47. The molecule has 0 spiro atoms. The number of nitrogen functional groups attached to an aromatic ring is 1. The number of hydrogen-bond donors (Lipinski definition) is 2. The molecule has 5 nitrogen and oxygen atoms in total. The topological polar surface area (TPSA) is 89.3 Å². The van der Waals surface area contributed by atoms with Gasteiger partial charge in [-0.1, -0.05) is 17.7 Å². The molecule has 0 unspecified atom stereocenters. The number of carbonyl (C=O) groups excluding carboxylic acids is 1. The number of rotatable bonds is 4.